The zero-order valence-electron chi connectivity index (χ0n) is 13.4. The lowest BCUT2D eigenvalue weighted by molar-refractivity contribution is -0.138. The minimum absolute atomic E-state index is 0.0100. The highest BCUT2D eigenvalue weighted by Gasteiger charge is 1.98. The van der Waals surface area contributed by atoms with Crippen molar-refractivity contribution in [1.29, 1.82) is 0 Å². The van der Waals surface area contributed by atoms with Crippen molar-refractivity contribution in [2.75, 3.05) is 0 Å². The van der Waals surface area contributed by atoms with Gasteiger partial charge in [0.25, 0.3) is 0 Å². The molecule has 94 valence electrons. The van der Waals surface area contributed by atoms with Gasteiger partial charge in [-0.1, -0.05) is 38.5 Å². The molecule has 0 heterocycles. The number of carbonyl (C=O) groups is 2. The Labute approximate surface area is 102 Å². The third kappa shape index (κ3) is 12.9. The van der Waals surface area contributed by atoms with Crippen molar-refractivity contribution in [3.05, 3.63) is 0 Å². The van der Waals surface area contributed by atoms with Gasteiger partial charge in [-0.2, -0.15) is 0 Å². The maximum Gasteiger partial charge on any atom is 0.303 e. The summed E-state index contributed by atoms with van der Waals surface area (Å²) in [5, 5.41) is 17.2. The second-order valence-electron chi connectivity index (χ2n) is 3.59. The molecule has 0 amide bonds. The molecule has 0 saturated carbocycles. The molecule has 0 radical (unpaired) electrons. The smallest absolute Gasteiger partial charge is 0.303 e. The highest BCUT2D eigenvalue weighted by atomic mass is 16.4. The van der Waals surface area contributed by atoms with Crippen LogP contribution in [0.15, 0.2) is 0 Å². The van der Waals surface area contributed by atoms with E-state index in [4.69, 9.17) is 15.7 Å². The van der Waals surface area contributed by atoms with Gasteiger partial charge in [-0.15, -0.1) is 0 Å². The summed E-state index contributed by atoms with van der Waals surface area (Å²) in [5.74, 6) is -2.87. The number of carboxylic acid groups (broad SMARTS) is 2. The molecule has 2 N–H and O–H groups in total. The van der Waals surface area contributed by atoms with E-state index in [1.165, 1.54) is 0 Å². The molecule has 0 saturated heterocycles. The molecule has 0 aromatic heterocycles. The van der Waals surface area contributed by atoms with Crippen molar-refractivity contribution in [3.8, 4) is 0 Å². The fourth-order valence-electron chi connectivity index (χ4n) is 1.35. The monoisotopic (exact) mass is 234 g/mol. The maximum atomic E-state index is 10.5. The summed E-state index contributed by atoms with van der Waals surface area (Å²) >= 11 is 0. The largest absolute Gasteiger partial charge is 0.481 e. The van der Waals surface area contributed by atoms with Crippen LogP contribution in [0.1, 0.15) is 69.6 Å². The summed E-state index contributed by atoms with van der Waals surface area (Å²) in [4.78, 5) is 21.0. The Kier molecular flexibility index (Phi) is 5.90. The highest BCUT2D eigenvalue weighted by Crippen LogP contribution is 2.10. The molecule has 4 nitrogen and oxygen atoms in total. The van der Waals surface area contributed by atoms with Crippen LogP contribution in [0.2, 0.25) is 0 Å². The van der Waals surface area contributed by atoms with Crippen molar-refractivity contribution in [1.82, 2.24) is 0 Å². The van der Waals surface area contributed by atoms with E-state index in [1.54, 1.807) is 0 Å². The van der Waals surface area contributed by atoms with Gasteiger partial charge < -0.3 is 10.2 Å². The minimum Gasteiger partial charge on any atom is -0.481 e. The van der Waals surface area contributed by atoms with Crippen LogP contribution in [-0.4, -0.2) is 22.2 Å². The van der Waals surface area contributed by atoms with Crippen LogP contribution in [0.4, 0.5) is 0 Å². The van der Waals surface area contributed by atoms with Crippen molar-refractivity contribution < 1.29 is 25.3 Å². The first-order valence-electron chi connectivity index (χ1n) is 7.56. The average Bonchev–Trinajstić information content (AvgIpc) is 2.31. The Morgan fingerprint density at radius 2 is 0.938 bits per heavy atom. The van der Waals surface area contributed by atoms with Crippen molar-refractivity contribution in [2.24, 2.45) is 0 Å². The van der Waals surface area contributed by atoms with E-state index >= 15 is 0 Å². The van der Waals surface area contributed by atoms with E-state index in [9.17, 15) is 9.59 Å². The predicted molar refractivity (Wildman–Crippen MR) is 61.4 cm³/mol. The average molecular weight is 234 g/mol. The minimum atomic E-state index is -2.17. The molecule has 0 aromatic rings. The molecular formula is C12H22O4. The molecule has 0 unspecified atom stereocenters. The summed E-state index contributed by atoms with van der Waals surface area (Å²) in [5.41, 5.74) is 0. The zero-order valence-corrected chi connectivity index (χ0v) is 9.37. The van der Waals surface area contributed by atoms with Gasteiger partial charge in [-0.05, 0) is 12.8 Å². The first-order valence-corrected chi connectivity index (χ1v) is 5.56. The molecule has 0 atom stereocenters. The lowest BCUT2D eigenvalue weighted by atomic mass is 10.1. The SMILES string of the molecule is [2H]C([2H])(CCCCCCCCC([2H])([2H])C(=O)O)C(=O)O. The summed E-state index contributed by atoms with van der Waals surface area (Å²) in [6, 6.07) is 0. The van der Waals surface area contributed by atoms with Crippen LogP contribution in [0.25, 0.3) is 0 Å². The number of hydrogen-bond acceptors (Lipinski definition) is 2. The first kappa shape index (κ1) is 9.02. The van der Waals surface area contributed by atoms with Crippen LogP contribution < -0.4 is 0 Å². The molecule has 0 aromatic carbocycles. The maximum absolute atomic E-state index is 10.5. The molecule has 0 aliphatic heterocycles. The number of carboxylic acids is 2. The van der Waals surface area contributed by atoms with E-state index in [1.807, 2.05) is 0 Å². The number of unbranched alkanes of at least 4 members (excludes halogenated alkanes) is 5. The van der Waals surface area contributed by atoms with Crippen molar-refractivity contribution >= 4 is 11.9 Å². The molecule has 16 heavy (non-hydrogen) atoms. The fourth-order valence-corrected chi connectivity index (χ4v) is 1.35. The third-order valence-electron chi connectivity index (χ3n) is 2.16. The van der Waals surface area contributed by atoms with Gasteiger partial charge in [0.05, 0.1) is 0 Å². The Morgan fingerprint density at radius 1 is 0.688 bits per heavy atom. The van der Waals surface area contributed by atoms with Gasteiger partial charge in [0.15, 0.2) is 0 Å². The van der Waals surface area contributed by atoms with E-state index < -0.39 is 24.7 Å². The highest BCUT2D eigenvalue weighted by molar-refractivity contribution is 5.66. The van der Waals surface area contributed by atoms with Crippen LogP contribution in [-0.2, 0) is 9.59 Å². The van der Waals surface area contributed by atoms with Gasteiger partial charge in [-0.25, -0.2) is 0 Å². The Hall–Kier alpha value is -1.06. The summed E-state index contributed by atoms with van der Waals surface area (Å²) in [6.45, 7) is 0. The van der Waals surface area contributed by atoms with Crippen LogP contribution in [0.3, 0.4) is 0 Å². The molecule has 0 rings (SSSR count). The number of rotatable bonds is 11. The molecular weight excluding hydrogens is 208 g/mol. The Bertz CT molecular complexity index is 299. The first-order chi connectivity index (χ1) is 9.09. The topological polar surface area (TPSA) is 74.6 Å². The van der Waals surface area contributed by atoms with Gasteiger partial charge in [0, 0.05) is 18.2 Å². The van der Waals surface area contributed by atoms with Gasteiger partial charge in [-0.3, -0.25) is 9.59 Å². The van der Waals surface area contributed by atoms with Crippen molar-refractivity contribution in [2.45, 2.75) is 64.1 Å². The second kappa shape index (κ2) is 10.5. The fraction of sp³-hybridized carbons (Fsp3) is 0.833. The van der Waals surface area contributed by atoms with E-state index in [-0.39, 0.29) is 12.8 Å². The number of hydrogen-bond donors (Lipinski definition) is 2. The second-order valence-corrected chi connectivity index (χ2v) is 3.59. The molecule has 4 heteroatoms. The molecule has 0 bridgehead atoms. The van der Waals surface area contributed by atoms with E-state index in [2.05, 4.69) is 0 Å². The molecule has 0 aliphatic carbocycles. The summed E-state index contributed by atoms with van der Waals surface area (Å²) in [6.07, 6.45) is -0.303. The lowest BCUT2D eigenvalue weighted by Crippen LogP contribution is -1.94. The summed E-state index contributed by atoms with van der Waals surface area (Å²) in [7, 11) is 0. The zero-order chi connectivity index (χ0) is 15.8. The van der Waals surface area contributed by atoms with Gasteiger partial charge in [0.2, 0.25) is 0 Å². The van der Waals surface area contributed by atoms with Gasteiger partial charge >= 0.3 is 11.9 Å². The Balaban J connectivity index is 3.56. The Morgan fingerprint density at radius 3 is 1.19 bits per heavy atom. The van der Waals surface area contributed by atoms with E-state index in [0.29, 0.717) is 12.8 Å². The van der Waals surface area contributed by atoms with Crippen LogP contribution >= 0.6 is 0 Å². The number of aliphatic carboxylic acids is 2. The van der Waals surface area contributed by atoms with Crippen molar-refractivity contribution in [3.63, 3.8) is 0 Å². The van der Waals surface area contributed by atoms with Crippen LogP contribution in [0.5, 0.6) is 0 Å². The predicted octanol–water partition coefficient (Wildman–Crippen LogP) is 3.06. The normalized spacial score (nSPS) is 15.8. The lowest BCUT2D eigenvalue weighted by Gasteiger charge is -2.00. The van der Waals surface area contributed by atoms with E-state index in [0.717, 1.165) is 25.7 Å². The third-order valence-corrected chi connectivity index (χ3v) is 2.16. The quantitative estimate of drug-likeness (QED) is 0.539. The molecule has 0 spiro atoms. The molecule has 0 aliphatic rings. The van der Waals surface area contributed by atoms with Crippen LogP contribution in [0, 0.1) is 0 Å². The molecule has 0 fully saturated rings. The summed E-state index contributed by atoms with van der Waals surface area (Å²) < 4.78 is 28.8. The standard InChI is InChI=1S/C12H22O4/c13-11(14)9-7-5-3-1-2-4-6-8-10-12(15)16/h1-10H2,(H,13,14)(H,15,16)/i9D2,10D2. The van der Waals surface area contributed by atoms with Gasteiger partial charge in [0.1, 0.15) is 0 Å².